The number of benzene rings is 1. The minimum atomic E-state index is 0.575. The zero-order chi connectivity index (χ0) is 13.8. The van der Waals surface area contributed by atoms with E-state index in [2.05, 4.69) is 56.1 Å². The van der Waals surface area contributed by atoms with Crippen molar-refractivity contribution in [1.29, 1.82) is 0 Å². The molecule has 0 aliphatic carbocycles. The molecule has 1 heterocycles. The number of rotatable bonds is 4. The van der Waals surface area contributed by atoms with Gasteiger partial charge < -0.3 is 5.32 Å². The normalized spacial score (nSPS) is 20.2. The first-order chi connectivity index (χ1) is 9.13. The van der Waals surface area contributed by atoms with E-state index in [1.54, 1.807) is 0 Å². The molecule has 2 heteroatoms. The van der Waals surface area contributed by atoms with E-state index in [0.29, 0.717) is 12.0 Å². The lowest BCUT2D eigenvalue weighted by Gasteiger charge is -2.38. The summed E-state index contributed by atoms with van der Waals surface area (Å²) in [6.07, 6.45) is 1.24. The summed E-state index contributed by atoms with van der Waals surface area (Å²) in [6.45, 7) is 13.7. The van der Waals surface area contributed by atoms with Crippen LogP contribution in [0.25, 0.3) is 0 Å². The van der Waals surface area contributed by atoms with E-state index in [4.69, 9.17) is 0 Å². The monoisotopic (exact) mass is 260 g/mol. The maximum absolute atomic E-state index is 3.46. The summed E-state index contributed by atoms with van der Waals surface area (Å²) in [4.78, 5) is 2.66. The Bertz CT molecular complexity index is 408. The third-order valence-corrected chi connectivity index (χ3v) is 4.60. The highest BCUT2D eigenvalue weighted by Crippen LogP contribution is 2.31. The van der Waals surface area contributed by atoms with Crippen LogP contribution in [-0.4, -0.2) is 31.1 Å². The Balaban J connectivity index is 2.27. The number of nitrogens with one attached hydrogen (secondary N) is 1. The van der Waals surface area contributed by atoms with Crippen molar-refractivity contribution in [1.82, 2.24) is 10.2 Å². The Morgan fingerprint density at radius 1 is 1.16 bits per heavy atom. The average Bonchev–Trinajstić information content (AvgIpc) is 2.44. The Morgan fingerprint density at radius 3 is 2.42 bits per heavy atom. The topological polar surface area (TPSA) is 15.3 Å². The van der Waals surface area contributed by atoms with Crippen LogP contribution in [0.1, 0.15) is 43.0 Å². The third-order valence-electron chi connectivity index (χ3n) is 4.60. The van der Waals surface area contributed by atoms with Crippen LogP contribution >= 0.6 is 0 Å². The summed E-state index contributed by atoms with van der Waals surface area (Å²) in [6, 6.07) is 7.59. The van der Waals surface area contributed by atoms with Gasteiger partial charge >= 0.3 is 0 Å². The van der Waals surface area contributed by atoms with Gasteiger partial charge in [-0.15, -0.1) is 0 Å². The highest BCUT2D eigenvalue weighted by molar-refractivity contribution is 5.32. The van der Waals surface area contributed by atoms with E-state index in [-0.39, 0.29) is 0 Å². The van der Waals surface area contributed by atoms with E-state index < -0.39 is 0 Å². The van der Waals surface area contributed by atoms with Gasteiger partial charge in [0.05, 0.1) is 0 Å². The van der Waals surface area contributed by atoms with Gasteiger partial charge in [-0.05, 0) is 36.5 Å². The summed E-state index contributed by atoms with van der Waals surface area (Å²) in [5, 5.41) is 3.46. The molecule has 1 N–H and O–H groups in total. The molecule has 0 spiro atoms. The fourth-order valence-corrected chi connectivity index (χ4v) is 3.03. The molecule has 0 saturated carbocycles. The van der Waals surface area contributed by atoms with Crippen LogP contribution < -0.4 is 5.32 Å². The van der Waals surface area contributed by atoms with Crippen molar-refractivity contribution in [3.63, 3.8) is 0 Å². The van der Waals surface area contributed by atoms with Gasteiger partial charge in [-0.25, -0.2) is 0 Å². The van der Waals surface area contributed by atoms with E-state index in [9.17, 15) is 0 Å². The molecule has 0 amide bonds. The van der Waals surface area contributed by atoms with Crippen molar-refractivity contribution in [3.8, 4) is 0 Å². The van der Waals surface area contributed by atoms with Crippen LogP contribution in [0.3, 0.4) is 0 Å². The quantitative estimate of drug-likeness (QED) is 0.893. The molecule has 0 aromatic heterocycles. The average molecular weight is 260 g/mol. The molecule has 0 bridgehead atoms. The lowest BCUT2D eigenvalue weighted by Crippen LogP contribution is -2.46. The van der Waals surface area contributed by atoms with Gasteiger partial charge in [0.1, 0.15) is 0 Å². The zero-order valence-electron chi connectivity index (χ0n) is 12.9. The van der Waals surface area contributed by atoms with Crippen LogP contribution in [0.4, 0.5) is 0 Å². The van der Waals surface area contributed by atoms with Crippen LogP contribution in [0.2, 0.25) is 0 Å². The molecule has 106 valence electrons. The van der Waals surface area contributed by atoms with Crippen LogP contribution in [0.15, 0.2) is 18.2 Å². The minimum absolute atomic E-state index is 0.575. The summed E-state index contributed by atoms with van der Waals surface area (Å²) in [5.41, 5.74) is 4.31. The maximum atomic E-state index is 3.46. The summed E-state index contributed by atoms with van der Waals surface area (Å²) < 4.78 is 0. The van der Waals surface area contributed by atoms with Crippen molar-refractivity contribution < 1.29 is 0 Å². The second-order valence-corrected chi connectivity index (χ2v) is 5.96. The highest BCUT2D eigenvalue weighted by Gasteiger charge is 2.26. The first-order valence-electron chi connectivity index (χ1n) is 7.65. The summed E-state index contributed by atoms with van der Waals surface area (Å²) >= 11 is 0. The van der Waals surface area contributed by atoms with Crippen LogP contribution in [0, 0.1) is 19.8 Å². The van der Waals surface area contributed by atoms with Gasteiger partial charge in [0, 0.05) is 32.2 Å². The number of piperazine rings is 1. The molecule has 0 radical (unpaired) electrons. The second-order valence-electron chi connectivity index (χ2n) is 5.96. The van der Waals surface area contributed by atoms with Crippen molar-refractivity contribution in [2.45, 2.75) is 40.2 Å². The maximum Gasteiger partial charge on any atom is 0.0374 e. The molecule has 2 atom stereocenters. The van der Waals surface area contributed by atoms with E-state index >= 15 is 0 Å². The number of hydrogen-bond acceptors (Lipinski definition) is 2. The SMILES string of the molecule is CCC(C)[C@H](c1ccc(C)c(C)c1)N1CCNCC1. The molecular formula is C17H28N2. The smallest absolute Gasteiger partial charge is 0.0374 e. The highest BCUT2D eigenvalue weighted by atomic mass is 15.2. The predicted octanol–water partition coefficient (Wildman–Crippen LogP) is 3.30. The fraction of sp³-hybridized carbons (Fsp3) is 0.647. The van der Waals surface area contributed by atoms with Gasteiger partial charge in [0.2, 0.25) is 0 Å². The summed E-state index contributed by atoms with van der Waals surface area (Å²) in [7, 11) is 0. The van der Waals surface area contributed by atoms with Crippen molar-refractivity contribution in [2.24, 2.45) is 5.92 Å². The molecule has 1 aromatic carbocycles. The largest absolute Gasteiger partial charge is 0.314 e. The molecule has 1 aliphatic rings. The fourth-order valence-electron chi connectivity index (χ4n) is 3.03. The Morgan fingerprint density at radius 2 is 1.84 bits per heavy atom. The molecule has 2 nitrogen and oxygen atoms in total. The van der Waals surface area contributed by atoms with Gasteiger partial charge in [-0.2, -0.15) is 0 Å². The van der Waals surface area contributed by atoms with Gasteiger partial charge in [0.25, 0.3) is 0 Å². The molecule has 1 saturated heterocycles. The van der Waals surface area contributed by atoms with Crippen LogP contribution in [0.5, 0.6) is 0 Å². The Hall–Kier alpha value is -0.860. The van der Waals surface area contributed by atoms with Crippen molar-refractivity contribution in [2.75, 3.05) is 26.2 Å². The molecule has 1 aromatic rings. The summed E-state index contributed by atoms with van der Waals surface area (Å²) in [5.74, 6) is 0.709. The first-order valence-corrected chi connectivity index (χ1v) is 7.65. The third kappa shape index (κ3) is 3.37. The molecule has 1 aliphatic heterocycles. The standard InChI is InChI=1S/C17H28N2/c1-5-13(2)17(19-10-8-18-9-11-19)16-7-6-14(3)15(4)12-16/h6-7,12-13,17-18H,5,8-11H2,1-4H3/t13?,17-/m1/s1. The van der Waals surface area contributed by atoms with Crippen LogP contribution in [-0.2, 0) is 0 Å². The molecule has 2 rings (SSSR count). The molecular weight excluding hydrogens is 232 g/mol. The van der Waals surface area contributed by atoms with Crippen molar-refractivity contribution >= 4 is 0 Å². The molecule has 1 fully saturated rings. The Kier molecular flexibility index (Phi) is 5.00. The van der Waals surface area contributed by atoms with E-state index in [1.807, 2.05) is 0 Å². The van der Waals surface area contributed by atoms with Gasteiger partial charge in [0.15, 0.2) is 0 Å². The second kappa shape index (κ2) is 6.53. The lowest BCUT2D eigenvalue weighted by atomic mass is 9.89. The number of aryl methyl sites for hydroxylation is 2. The van der Waals surface area contributed by atoms with Gasteiger partial charge in [-0.3, -0.25) is 4.90 Å². The van der Waals surface area contributed by atoms with Gasteiger partial charge in [-0.1, -0.05) is 38.5 Å². The predicted molar refractivity (Wildman–Crippen MR) is 82.6 cm³/mol. The Labute approximate surface area is 118 Å². The first kappa shape index (κ1) is 14.5. The van der Waals surface area contributed by atoms with E-state index in [1.165, 1.54) is 36.2 Å². The van der Waals surface area contributed by atoms with Crippen molar-refractivity contribution in [3.05, 3.63) is 34.9 Å². The molecule has 19 heavy (non-hydrogen) atoms. The van der Waals surface area contributed by atoms with E-state index in [0.717, 1.165) is 13.1 Å². The minimum Gasteiger partial charge on any atom is -0.314 e. The lowest BCUT2D eigenvalue weighted by molar-refractivity contribution is 0.128. The number of hydrogen-bond donors (Lipinski definition) is 1. The zero-order valence-corrected chi connectivity index (χ0v) is 12.9. The molecule has 1 unspecified atom stereocenters. The number of nitrogens with zero attached hydrogens (tertiary/aromatic N) is 1.